The van der Waals surface area contributed by atoms with E-state index in [0.29, 0.717) is 17.9 Å². The number of rotatable bonds is 5. The maximum atomic E-state index is 12.5. The van der Waals surface area contributed by atoms with Crippen LogP contribution in [0, 0.1) is 0 Å². The van der Waals surface area contributed by atoms with Crippen LogP contribution in [0.2, 0.25) is 0 Å². The Kier molecular flexibility index (Phi) is 4.64. The van der Waals surface area contributed by atoms with Crippen LogP contribution in [0.4, 0.5) is 0 Å². The summed E-state index contributed by atoms with van der Waals surface area (Å²) in [6, 6.07) is 22.8. The number of benzene rings is 3. The molecule has 0 saturated heterocycles. The summed E-state index contributed by atoms with van der Waals surface area (Å²) < 4.78 is 11.6. The number of carboxylic acids is 1. The summed E-state index contributed by atoms with van der Waals surface area (Å²) in [5, 5.41) is 9.61. The van der Waals surface area contributed by atoms with E-state index in [1.807, 2.05) is 36.4 Å². The number of hydrogen-bond acceptors (Lipinski definition) is 4. The van der Waals surface area contributed by atoms with E-state index in [2.05, 4.69) is 0 Å². The second-order valence-electron chi connectivity index (χ2n) is 6.26. The lowest BCUT2D eigenvalue weighted by Crippen LogP contribution is -2.05. The first-order valence-electron chi connectivity index (χ1n) is 8.69. The standard InChI is InChI=1S/C23H16O5/c24-20-13-21(28-22-18(20)10-5-11-19(22)23(25)26)16-8-4-9-17(12-16)27-14-15-6-2-1-3-7-15/h1-13H,14H2,(H,25,26). The van der Waals surface area contributed by atoms with E-state index in [1.165, 1.54) is 18.2 Å². The van der Waals surface area contributed by atoms with E-state index in [1.54, 1.807) is 24.3 Å². The van der Waals surface area contributed by atoms with Crippen molar-refractivity contribution < 1.29 is 19.1 Å². The monoisotopic (exact) mass is 372 g/mol. The van der Waals surface area contributed by atoms with Crippen LogP contribution in [0.15, 0.2) is 88.1 Å². The lowest BCUT2D eigenvalue weighted by atomic mass is 10.1. The molecular weight excluding hydrogens is 356 g/mol. The molecule has 0 spiro atoms. The van der Waals surface area contributed by atoms with E-state index in [-0.39, 0.29) is 27.7 Å². The van der Waals surface area contributed by atoms with Crippen molar-refractivity contribution >= 4 is 16.9 Å². The summed E-state index contributed by atoms with van der Waals surface area (Å²) in [6.07, 6.45) is 0. The van der Waals surface area contributed by atoms with Crippen LogP contribution in [-0.4, -0.2) is 11.1 Å². The van der Waals surface area contributed by atoms with Gasteiger partial charge in [0.1, 0.15) is 23.7 Å². The van der Waals surface area contributed by atoms with Gasteiger partial charge in [0.15, 0.2) is 11.0 Å². The molecule has 0 unspecified atom stereocenters. The molecule has 138 valence electrons. The minimum absolute atomic E-state index is 0.0482. The van der Waals surface area contributed by atoms with Gasteiger partial charge in [0.05, 0.1) is 5.39 Å². The second kappa shape index (κ2) is 7.40. The number of hydrogen-bond donors (Lipinski definition) is 1. The van der Waals surface area contributed by atoms with Crippen LogP contribution in [0.1, 0.15) is 15.9 Å². The van der Waals surface area contributed by atoms with Crippen molar-refractivity contribution in [2.24, 2.45) is 0 Å². The first-order valence-corrected chi connectivity index (χ1v) is 8.69. The molecule has 1 heterocycles. The molecule has 1 N–H and O–H groups in total. The van der Waals surface area contributed by atoms with Crippen LogP contribution >= 0.6 is 0 Å². The zero-order chi connectivity index (χ0) is 19.5. The Hall–Kier alpha value is -3.86. The van der Waals surface area contributed by atoms with E-state index in [4.69, 9.17) is 9.15 Å². The van der Waals surface area contributed by atoms with Gasteiger partial charge >= 0.3 is 5.97 Å². The van der Waals surface area contributed by atoms with Gasteiger partial charge in [0.2, 0.25) is 0 Å². The molecule has 0 bridgehead atoms. The fraction of sp³-hybridized carbons (Fsp3) is 0.0435. The molecule has 0 fully saturated rings. The third-order valence-corrected chi connectivity index (χ3v) is 4.35. The highest BCUT2D eigenvalue weighted by Crippen LogP contribution is 2.27. The molecule has 0 aliphatic carbocycles. The number of carboxylic acid groups (broad SMARTS) is 1. The van der Waals surface area contributed by atoms with Crippen molar-refractivity contribution in [3.05, 3.63) is 100 Å². The summed E-state index contributed by atoms with van der Waals surface area (Å²) in [4.78, 5) is 23.9. The topological polar surface area (TPSA) is 76.7 Å². The lowest BCUT2D eigenvalue weighted by Gasteiger charge is -2.09. The molecule has 4 rings (SSSR count). The van der Waals surface area contributed by atoms with Crippen LogP contribution < -0.4 is 10.2 Å². The molecule has 3 aromatic carbocycles. The Morgan fingerprint density at radius 2 is 1.71 bits per heavy atom. The number of carbonyl (C=O) groups is 1. The van der Waals surface area contributed by atoms with Gasteiger partial charge in [-0.15, -0.1) is 0 Å². The minimum Gasteiger partial charge on any atom is -0.489 e. The summed E-state index contributed by atoms with van der Waals surface area (Å²) >= 11 is 0. The Labute approximate surface area is 160 Å². The number of fused-ring (bicyclic) bond motifs is 1. The van der Waals surface area contributed by atoms with Gasteiger partial charge in [-0.1, -0.05) is 48.5 Å². The molecule has 0 amide bonds. The highest BCUT2D eigenvalue weighted by molar-refractivity contribution is 6.01. The summed E-state index contributed by atoms with van der Waals surface area (Å²) in [7, 11) is 0. The minimum atomic E-state index is -1.15. The van der Waals surface area contributed by atoms with Crippen LogP contribution in [0.5, 0.6) is 5.75 Å². The van der Waals surface area contributed by atoms with Gasteiger partial charge < -0.3 is 14.3 Å². The Bertz CT molecular complexity index is 1210. The highest BCUT2D eigenvalue weighted by atomic mass is 16.5. The summed E-state index contributed by atoms with van der Waals surface area (Å²) in [6.45, 7) is 0.412. The normalized spacial score (nSPS) is 10.7. The van der Waals surface area contributed by atoms with Crippen LogP contribution in [0.25, 0.3) is 22.3 Å². The Balaban J connectivity index is 1.71. The van der Waals surface area contributed by atoms with Crippen molar-refractivity contribution in [2.75, 3.05) is 0 Å². The Morgan fingerprint density at radius 3 is 2.50 bits per heavy atom. The van der Waals surface area contributed by atoms with Gasteiger partial charge in [0, 0.05) is 11.6 Å². The van der Waals surface area contributed by atoms with Gasteiger partial charge in [-0.3, -0.25) is 4.79 Å². The molecule has 5 nitrogen and oxygen atoms in total. The fourth-order valence-electron chi connectivity index (χ4n) is 2.97. The quantitative estimate of drug-likeness (QED) is 0.548. The van der Waals surface area contributed by atoms with Crippen molar-refractivity contribution in [3.8, 4) is 17.1 Å². The van der Waals surface area contributed by atoms with Crippen molar-refractivity contribution in [3.63, 3.8) is 0 Å². The predicted molar refractivity (Wildman–Crippen MR) is 106 cm³/mol. The molecular formula is C23H16O5. The summed E-state index contributed by atoms with van der Waals surface area (Å²) in [5.74, 6) is -0.238. The molecule has 0 aliphatic heterocycles. The largest absolute Gasteiger partial charge is 0.489 e. The predicted octanol–water partition coefficient (Wildman–Crippen LogP) is 4.74. The SMILES string of the molecule is O=C(O)c1cccc2c(=O)cc(-c3cccc(OCc4ccccc4)c3)oc12. The molecule has 0 saturated carbocycles. The smallest absolute Gasteiger partial charge is 0.339 e. The number of para-hydroxylation sites is 1. The number of ether oxygens (including phenoxy) is 1. The third kappa shape index (κ3) is 3.50. The first-order chi connectivity index (χ1) is 13.6. The van der Waals surface area contributed by atoms with Crippen molar-refractivity contribution in [1.82, 2.24) is 0 Å². The van der Waals surface area contributed by atoms with Crippen molar-refractivity contribution in [2.45, 2.75) is 6.61 Å². The average molecular weight is 372 g/mol. The zero-order valence-electron chi connectivity index (χ0n) is 14.8. The lowest BCUT2D eigenvalue weighted by molar-refractivity contribution is 0.0698. The molecule has 1 aromatic heterocycles. The average Bonchev–Trinajstić information content (AvgIpc) is 2.72. The highest BCUT2D eigenvalue weighted by Gasteiger charge is 2.15. The molecule has 4 aromatic rings. The molecule has 0 atom stereocenters. The first kappa shape index (κ1) is 17.5. The Morgan fingerprint density at radius 1 is 0.929 bits per heavy atom. The van der Waals surface area contributed by atoms with Gasteiger partial charge in [0.25, 0.3) is 0 Å². The van der Waals surface area contributed by atoms with Gasteiger partial charge in [-0.05, 0) is 29.8 Å². The summed E-state index contributed by atoms with van der Waals surface area (Å²) in [5.41, 5.74) is 1.39. The van der Waals surface area contributed by atoms with E-state index in [9.17, 15) is 14.7 Å². The van der Waals surface area contributed by atoms with E-state index < -0.39 is 5.97 Å². The van der Waals surface area contributed by atoms with Crippen LogP contribution in [-0.2, 0) is 6.61 Å². The molecule has 0 aliphatic rings. The second-order valence-corrected chi connectivity index (χ2v) is 6.26. The van der Waals surface area contributed by atoms with Gasteiger partial charge in [-0.25, -0.2) is 4.79 Å². The van der Waals surface area contributed by atoms with Crippen molar-refractivity contribution in [1.29, 1.82) is 0 Å². The zero-order valence-corrected chi connectivity index (χ0v) is 14.8. The third-order valence-electron chi connectivity index (χ3n) is 4.35. The molecule has 0 radical (unpaired) electrons. The molecule has 5 heteroatoms. The maximum Gasteiger partial charge on any atom is 0.339 e. The maximum absolute atomic E-state index is 12.5. The van der Waals surface area contributed by atoms with Gasteiger partial charge in [-0.2, -0.15) is 0 Å². The number of aromatic carboxylic acids is 1. The van der Waals surface area contributed by atoms with Crippen LogP contribution in [0.3, 0.4) is 0 Å². The van der Waals surface area contributed by atoms with E-state index >= 15 is 0 Å². The fourth-order valence-corrected chi connectivity index (χ4v) is 2.97. The molecule has 28 heavy (non-hydrogen) atoms. The van der Waals surface area contributed by atoms with E-state index in [0.717, 1.165) is 5.56 Å².